The quantitative estimate of drug-likeness (QED) is 0.774. The summed E-state index contributed by atoms with van der Waals surface area (Å²) in [7, 11) is 1.67. The number of aromatic nitrogens is 1. The van der Waals surface area contributed by atoms with Gasteiger partial charge < -0.3 is 4.74 Å². The standard InChI is InChI=1S/C8H10.C7H9NO/c1-8-6-4-2-3-5-7-8;1-9-6-7-3-2-4-8-5-7/h2-8H,1H3;2-5H,6H2,1H3. The minimum absolute atomic E-state index is 0.602. The Balaban J connectivity index is 0.000000171. The maximum absolute atomic E-state index is 4.89. The highest BCUT2D eigenvalue weighted by Gasteiger charge is 1.87. The molecule has 0 amide bonds. The summed E-state index contributed by atoms with van der Waals surface area (Å²) in [6.07, 6.45) is 16.1. The van der Waals surface area contributed by atoms with Crippen LogP contribution in [0.15, 0.2) is 61.0 Å². The Labute approximate surface area is 103 Å². The van der Waals surface area contributed by atoms with Crippen molar-refractivity contribution in [1.82, 2.24) is 4.98 Å². The molecule has 0 saturated carbocycles. The van der Waals surface area contributed by atoms with Crippen molar-refractivity contribution in [3.63, 3.8) is 0 Å². The summed E-state index contributed by atoms with van der Waals surface area (Å²) in [6, 6.07) is 3.88. The molecule has 1 heterocycles. The summed E-state index contributed by atoms with van der Waals surface area (Å²) < 4.78 is 4.89. The molecule has 1 aliphatic carbocycles. The van der Waals surface area contributed by atoms with Crippen LogP contribution in [0.3, 0.4) is 0 Å². The molecule has 17 heavy (non-hydrogen) atoms. The largest absolute Gasteiger partial charge is 0.380 e. The third-order valence-electron chi connectivity index (χ3n) is 2.20. The van der Waals surface area contributed by atoms with Crippen LogP contribution in [-0.2, 0) is 11.3 Å². The molecule has 1 aromatic rings. The molecule has 2 heteroatoms. The number of rotatable bonds is 2. The lowest BCUT2D eigenvalue weighted by atomic mass is 10.2. The molecular weight excluding hydrogens is 210 g/mol. The molecule has 0 aliphatic heterocycles. The van der Waals surface area contributed by atoms with Crippen molar-refractivity contribution in [2.45, 2.75) is 13.5 Å². The number of hydrogen-bond donors (Lipinski definition) is 0. The van der Waals surface area contributed by atoms with Crippen LogP contribution in [0.5, 0.6) is 0 Å². The van der Waals surface area contributed by atoms with Gasteiger partial charge in [0.2, 0.25) is 0 Å². The fraction of sp³-hybridized carbons (Fsp3) is 0.267. The van der Waals surface area contributed by atoms with Crippen molar-refractivity contribution in [3.05, 3.63) is 66.5 Å². The number of pyridine rings is 1. The van der Waals surface area contributed by atoms with Crippen LogP contribution in [0, 0.1) is 5.92 Å². The topological polar surface area (TPSA) is 22.1 Å². The number of nitrogens with zero attached hydrogens (tertiary/aromatic N) is 1. The van der Waals surface area contributed by atoms with E-state index in [9.17, 15) is 0 Å². The van der Waals surface area contributed by atoms with Gasteiger partial charge in [-0.3, -0.25) is 4.98 Å². The molecular formula is C15H19NO. The van der Waals surface area contributed by atoms with E-state index in [1.54, 1.807) is 19.5 Å². The van der Waals surface area contributed by atoms with Gasteiger partial charge in [0.1, 0.15) is 0 Å². The molecule has 0 saturated heterocycles. The fourth-order valence-electron chi connectivity index (χ4n) is 1.32. The van der Waals surface area contributed by atoms with Crippen molar-refractivity contribution < 1.29 is 4.74 Å². The van der Waals surface area contributed by atoms with Crippen molar-refractivity contribution in [3.8, 4) is 0 Å². The lowest BCUT2D eigenvalue weighted by Crippen LogP contribution is -1.86. The first-order chi connectivity index (χ1) is 8.33. The van der Waals surface area contributed by atoms with Crippen LogP contribution in [0.2, 0.25) is 0 Å². The van der Waals surface area contributed by atoms with E-state index in [2.05, 4.69) is 36.2 Å². The summed E-state index contributed by atoms with van der Waals surface area (Å²) in [4.78, 5) is 3.92. The van der Waals surface area contributed by atoms with Crippen LogP contribution < -0.4 is 0 Å². The average molecular weight is 229 g/mol. The van der Waals surface area contributed by atoms with E-state index in [1.165, 1.54) is 0 Å². The summed E-state index contributed by atoms with van der Waals surface area (Å²) in [5.41, 5.74) is 1.11. The Bertz CT molecular complexity index is 363. The van der Waals surface area contributed by atoms with Gasteiger partial charge in [-0.15, -0.1) is 0 Å². The van der Waals surface area contributed by atoms with Gasteiger partial charge >= 0.3 is 0 Å². The second kappa shape index (κ2) is 8.48. The Kier molecular flexibility index (Phi) is 6.68. The second-order valence-electron chi connectivity index (χ2n) is 3.81. The van der Waals surface area contributed by atoms with Crippen molar-refractivity contribution in [2.24, 2.45) is 5.92 Å². The van der Waals surface area contributed by atoms with Gasteiger partial charge in [-0.05, 0) is 17.5 Å². The molecule has 2 nitrogen and oxygen atoms in total. The zero-order valence-corrected chi connectivity index (χ0v) is 10.4. The first kappa shape index (κ1) is 13.4. The van der Waals surface area contributed by atoms with E-state index in [-0.39, 0.29) is 0 Å². The molecule has 0 bridgehead atoms. The Hall–Kier alpha value is -1.67. The monoisotopic (exact) mass is 229 g/mol. The van der Waals surface area contributed by atoms with Crippen LogP contribution in [-0.4, -0.2) is 12.1 Å². The molecule has 2 rings (SSSR count). The fourth-order valence-corrected chi connectivity index (χ4v) is 1.32. The molecule has 0 fully saturated rings. The van der Waals surface area contributed by atoms with Gasteiger partial charge in [0.15, 0.2) is 0 Å². The predicted molar refractivity (Wildman–Crippen MR) is 71.5 cm³/mol. The van der Waals surface area contributed by atoms with E-state index in [4.69, 9.17) is 4.74 Å². The summed E-state index contributed by atoms with van der Waals surface area (Å²) in [6.45, 7) is 2.81. The van der Waals surface area contributed by atoms with E-state index in [0.717, 1.165) is 5.56 Å². The zero-order chi connectivity index (χ0) is 12.3. The molecule has 0 aromatic carbocycles. The maximum Gasteiger partial charge on any atom is 0.0728 e. The molecule has 0 radical (unpaired) electrons. The summed E-state index contributed by atoms with van der Waals surface area (Å²) in [5.74, 6) is 0.602. The summed E-state index contributed by atoms with van der Waals surface area (Å²) in [5, 5.41) is 0. The van der Waals surface area contributed by atoms with Gasteiger partial charge in [0.05, 0.1) is 6.61 Å². The third-order valence-corrected chi connectivity index (χ3v) is 2.20. The van der Waals surface area contributed by atoms with Gasteiger partial charge in [-0.2, -0.15) is 0 Å². The molecule has 1 aliphatic rings. The highest BCUT2D eigenvalue weighted by atomic mass is 16.5. The number of ether oxygens (including phenoxy) is 1. The molecule has 1 aromatic heterocycles. The molecule has 0 spiro atoms. The minimum atomic E-state index is 0.602. The smallest absolute Gasteiger partial charge is 0.0728 e. The van der Waals surface area contributed by atoms with Crippen molar-refractivity contribution >= 4 is 0 Å². The van der Waals surface area contributed by atoms with Crippen molar-refractivity contribution in [1.29, 1.82) is 0 Å². The van der Waals surface area contributed by atoms with Gasteiger partial charge in [-0.25, -0.2) is 0 Å². The number of allylic oxidation sites excluding steroid dienone is 6. The van der Waals surface area contributed by atoms with Crippen LogP contribution in [0.1, 0.15) is 12.5 Å². The molecule has 90 valence electrons. The number of hydrogen-bond acceptors (Lipinski definition) is 2. The SMILES string of the molecule is CC1C=CC=CC=C1.COCc1cccnc1. The maximum atomic E-state index is 4.89. The summed E-state index contributed by atoms with van der Waals surface area (Å²) >= 11 is 0. The Morgan fingerprint density at radius 2 is 1.88 bits per heavy atom. The third kappa shape index (κ3) is 6.48. The van der Waals surface area contributed by atoms with E-state index < -0.39 is 0 Å². The Morgan fingerprint density at radius 1 is 1.18 bits per heavy atom. The van der Waals surface area contributed by atoms with Crippen LogP contribution >= 0.6 is 0 Å². The second-order valence-corrected chi connectivity index (χ2v) is 3.81. The lowest BCUT2D eigenvalue weighted by molar-refractivity contribution is 0.184. The van der Waals surface area contributed by atoms with E-state index in [1.807, 2.05) is 24.3 Å². The van der Waals surface area contributed by atoms with Crippen molar-refractivity contribution in [2.75, 3.05) is 7.11 Å². The molecule has 0 N–H and O–H groups in total. The van der Waals surface area contributed by atoms with E-state index >= 15 is 0 Å². The van der Waals surface area contributed by atoms with Crippen LogP contribution in [0.4, 0.5) is 0 Å². The highest BCUT2D eigenvalue weighted by molar-refractivity contribution is 5.18. The molecule has 0 unspecified atom stereocenters. The first-order valence-corrected chi connectivity index (χ1v) is 5.72. The predicted octanol–water partition coefficient (Wildman–Crippen LogP) is 3.53. The first-order valence-electron chi connectivity index (χ1n) is 5.72. The van der Waals surface area contributed by atoms with Gasteiger partial charge in [0, 0.05) is 19.5 Å². The number of methoxy groups -OCH3 is 1. The highest BCUT2D eigenvalue weighted by Crippen LogP contribution is 2.02. The minimum Gasteiger partial charge on any atom is -0.380 e. The zero-order valence-electron chi connectivity index (χ0n) is 10.4. The van der Waals surface area contributed by atoms with Crippen LogP contribution in [0.25, 0.3) is 0 Å². The average Bonchev–Trinajstić information content (AvgIpc) is 2.60. The molecule has 0 atom stereocenters. The van der Waals surface area contributed by atoms with E-state index in [0.29, 0.717) is 12.5 Å². The van der Waals surface area contributed by atoms with Gasteiger partial charge in [0.25, 0.3) is 0 Å². The van der Waals surface area contributed by atoms with Gasteiger partial charge in [-0.1, -0.05) is 49.4 Å². The lowest BCUT2D eigenvalue weighted by Gasteiger charge is -1.94. The normalized spacial score (nSPS) is 14.0. The Morgan fingerprint density at radius 3 is 2.41 bits per heavy atom.